The van der Waals surface area contributed by atoms with Crippen LogP contribution in [0.3, 0.4) is 0 Å². The van der Waals surface area contributed by atoms with Gasteiger partial charge in [0.2, 0.25) is 5.96 Å². The molecule has 7 heteroatoms. The van der Waals surface area contributed by atoms with Crippen LogP contribution < -0.4 is 10.6 Å². The standard InChI is InChI=1S/C26H29N5O2/c27-17-29-26(31-24-14-18-10-11-20(24)13-18)30-22-7-3-5-19(15-22)23(8-1-2-9-25(32)33)21-6-4-12-28-16-21/h3-8,12,15-16,18,20,24H,1-2,9-11,13-14H2,(H,32,33)(H2,29,30,31)/b23-8+. The fraction of sp³-hybridized carbons (Fsp3) is 0.385. The number of aromatic nitrogens is 1. The van der Waals surface area contributed by atoms with Gasteiger partial charge in [-0.2, -0.15) is 5.26 Å². The molecule has 0 saturated heterocycles. The van der Waals surface area contributed by atoms with Crippen molar-refractivity contribution >= 4 is 23.2 Å². The van der Waals surface area contributed by atoms with Gasteiger partial charge in [-0.1, -0.05) is 30.7 Å². The van der Waals surface area contributed by atoms with Crippen LogP contribution in [0.15, 0.2) is 59.9 Å². The number of guanidine groups is 1. The van der Waals surface area contributed by atoms with Gasteiger partial charge in [0.15, 0.2) is 6.19 Å². The molecule has 1 aromatic carbocycles. The maximum absolute atomic E-state index is 10.9. The van der Waals surface area contributed by atoms with Gasteiger partial charge in [-0.3, -0.25) is 15.1 Å². The van der Waals surface area contributed by atoms with E-state index in [1.54, 1.807) is 6.20 Å². The van der Waals surface area contributed by atoms with Crippen molar-refractivity contribution in [2.75, 3.05) is 5.32 Å². The lowest BCUT2D eigenvalue weighted by atomic mass is 9.96. The fourth-order valence-electron chi connectivity index (χ4n) is 5.01. The number of benzene rings is 1. The van der Waals surface area contributed by atoms with E-state index in [9.17, 15) is 10.1 Å². The van der Waals surface area contributed by atoms with E-state index < -0.39 is 5.97 Å². The van der Waals surface area contributed by atoms with E-state index >= 15 is 0 Å². The maximum atomic E-state index is 10.9. The van der Waals surface area contributed by atoms with E-state index in [4.69, 9.17) is 10.1 Å². The minimum Gasteiger partial charge on any atom is -0.481 e. The first-order valence-electron chi connectivity index (χ1n) is 11.5. The zero-order valence-electron chi connectivity index (χ0n) is 18.6. The molecule has 3 unspecified atom stereocenters. The Balaban J connectivity index is 1.55. The summed E-state index contributed by atoms with van der Waals surface area (Å²) < 4.78 is 0. The van der Waals surface area contributed by atoms with E-state index in [-0.39, 0.29) is 12.5 Å². The van der Waals surface area contributed by atoms with Crippen LogP contribution in [0.1, 0.15) is 56.1 Å². The Morgan fingerprint density at radius 3 is 2.82 bits per heavy atom. The van der Waals surface area contributed by atoms with Crippen molar-refractivity contribution < 1.29 is 9.90 Å². The SMILES string of the molecule is N#CNC(=NC1CC2CCC1C2)Nc1cccc(/C(=C\CCCC(=O)O)c2cccnc2)c1. The van der Waals surface area contributed by atoms with Crippen molar-refractivity contribution in [2.45, 2.75) is 51.0 Å². The molecule has 2 aliphatic carbocycles. The van der Waals surface area contributed by atoms with Crippen molar-refractivity contribution in [2.24, 2.45) is 16.8 Å². The highest BCUT2D eigenvalue weighted by atomic mass is 16.4. The van der Waals surface area contributed by atoms with Gasteiger partial charge in [-0.05, 0) is 73.3 Å². The normalized spacial score (nSPS) is 22.1. The van der Waals surface area contributed by atoms with Crippen molar-refractivity contribution in [3.8, 4) is 6.19 Å². The number of hydrogen-bond donors (Lipinski definition) is 3. The van der Waals surface area contributed by atoms with Crippen LogP contribution in [0.25, 0.3) is 5.57 Å². The molecular formula is C26H29N5O2. The number of carboxylic acid groups (broad SMARTS) is 1. The summed E-state index contributed by atoms with van der Waals surface area (Å²) in [5, 5.41) is 24.2. The molecule has 2 aromatic rings. The molecule has 4 rings (SSSR count). The highest BCUT2D eigenvalue weighted by molar-refractivity contribution is 5.95. The van der Waals surface area contributed by atoms with Crippen LogP contribution in [-0.2, 0) is 4.79 Å². The number of unbranched alkanes of at least 4 members (excludes halogenated alkanes) is 1. The highest BCUT2D eigenvalue weighted by Crippen LogP contribution is 2.46. The summed E-state index contributed by atoms with van der Waals surface area (Å²) in [4.78, 5) is 20.0. The number of fused-ring (bicyclic) bond motifs is 2. The molecule has 1 aromatic heterocycles. The van der Waals surface area contributed by atoms with Gasteiger partial charge in [0.1, 0.15) is 0 Å². The molecule has 0 radical (unpaired) electrons. The summed E-state index contributed by atoms with van der Waals surface area (Å²) in [5.74, 6) is 1.11. The van der Waals surface area contributed by atoms with E-state index in [0.29, 0.717) is 24.7 Å². The van der Waals surface area contributed by atoms with Gasteiger partial charge < -0.3 is 10.4 Å². The molecule has 0 spiro atoms. The molecule has 0 aliphatic heterocycles. The lowest BCUT2D eigenvalue weighted by Gasteiger charge is -2.19. The summed E-state index contributed by atoms with van der Waals surface area (Å²) in [5.41, 5.74) is 3.78. The molecule has 3 atom stereocenters. The second-order valence-electron chi connectivity index (χ2n) is 8.81. The molecule has 2 saturated carbocycles. The summed E-state index contributed by atoms with van der Waals surface area (Å²) in [6.07, 6.45) is 13.9. The molecule has 1 heterocycles. The third kappa shape index (κ3) is 5.98. The van der Waals surface area contributed by atoms with Crippen LogP contribution in [0.4, 0.5) is 5.69 Å². The second-order valence-corrected chi connectivity index (χ2v) is 8.81. The zero-order valence-corrected chi connectivity index (χ0v) is 18.6. The largest absolute Gasteiger partial charge is 0.481 e. The first-order chi connectivity index (χ1) is 16.1. The molecule has 7 nitrogen and oxygen atoms in total. The number of carboxylic acids is 1. The highest BCUT2D eigenvalue weighted by Gasteiger charge is 2.39. The summed E-state index contributed by atoms with van der Waals surface area (Å²) in [6.45, 7) is 0. The van der Waals surface area contributed by atoms with E-state index in [2.05, 4.69) is 21.7 Å². The van der Waals surface area contributed by atoms with Crippen LogP contribution in [0.2, 0.25) is 0 Å². The Bertz CT molecular complexity index is 1070. The molecule has 0 amide bonds. The van der Waals surface area contributed by atoms with Crippen molar-refractivity contribution in [1.29, 1.82) is 5.26 Å². The number of allylic oxidation sites excluding steroid dienone is 1. The predicted octanol–water partition coefficient (Wildman–Crippen LogP) is 4.80. The van der Waals surface area contributed by atoms with Gasteiger partial charge in [0, 0.05) is 30.1 Å². The number of nitriles is 1. The number of nitrogens with zero attached hydrogens (tertiary/aromatic N) is 3. The molecule has 170 valence electrons. The smallest absolute Gasteiger partial charge is 0.303 e. The van der Waals surface area contributed by atoms with Crippen LogP contribution >= 0.6 is 0 Å². The number of hydrogen-bond acceptors (Lipinski definition) is 4. The number of rotatable bonds is 8. The Kier molecular flexibility index (Phi) is 7.36. The van der Waals surface area contributed by atoms with Crippen LogP contribution in [-0.4, -0.2) is 28.1 Å². The first-order valence-corrected chi connectivity index (χ1v) is 11.5. The Morgan fingerprint density at radius 2 is 2.12 bits per heavy atom. The Labute approximate surface area is 194 Å². The monoisotopic (exact) mass is 443 g/mol. The van der Waals surface area contributed by atoms with E-state index in [0.717, 1.165) is 34.7 Å². The van der Waals surface area contributed by atoms with Gasteiger partial charge in [0.05, 0.1) is 6.04 Å². The van der Waals surface area contributed by atoms with Gasteiger partial charge in [0.25, 0.3) is 0 Å². The van der Waals surface area contributed by atoms with Crippen molar-refractivity contribution in [3.63, 3.8) is 0 Å². The summed E-state index contributed by atoms with van der Waals surface area (Å²) in [7, 11) is 0. The number of pyridine rings is 1. The van der Waals surface area contributed by atoms with Crippen LogP contribution in [0, 0.1) is 23.3 Å². The Morgan fingerprint density at radius 1 is 1.24 bits per heavy atom. The summed E-state index contributed by atoms with van der Waals surface area (Å²) in [6, 6.07) is 12.1. The minimum atomic E-state index is -0.787. The third-order valence-corrected chi connectivity index (χ3v) is 6.52. The first kappa shape index (κ1) is 22.5. The number of carbonyl (C=O) groups is 1. The van der Waals surface area contributed by atoms with Crippen molar-refractivity contribution in [3.05, 3.63) is 66.0 Å². The molecule has 2 bridgehead atoms. The minimum absolute atomic E-state index is 0.140. The number of anilines is 1. The second kappa shape index (κ2) is 10.8. The van der Waals surface area contributed by atoms with Gasteiger partial charge >= 0.3 is 5.97 Å². The van der Waals surface area contributed by atoms with Gasteiger partial charge in [-0.15, -0.1) is 0 Å². The third-order valence-electron chi connectivity index (χ3n) is 6.52. The quantitative estimate of drug-likeness (QED) is 0.178. The number of aliphatic carboxylic acids is 1. The molecule has 2 aliphatic rings. The molecular weight excluding hydrogens is 414 g/mol. The zero-order chi connectivity index (χ0) is 23.0. The fourth-order valence-corrected chi connectivity index (χ4v) is 5.01. The maximum Gasteiger partial charge on any atom is 0.303 e. The number of nitrogens with one attached hydrogen (secondary N) is 2. The Hall–Kier alpha value is -3.66. The van der Waals surface area contributed by atoms with Crippen molar-refractivity contribution in [1.82, 2.24) is 10.3 Å². The molecule has 33 heavy (non-hydrogen) atoms. The van der Waals surface area contributed by atoms with Crippen LogP contribution in [0.5, 0.6) is 0 Å². The molecule has 2 fully saturated rings. The van der Waals surface area contributed by atoms with E-state index in [1.807, 2.05) is 48.8 Å². The lowest BCUT2D eigenvalue weighted by molar-refractivity contribution is -0.137. The van der Waals surface area contributed by atoms with Gasteiger partial charge in [-0.25, -0.2) is 4.99 Å². The molecule has 3 N–H and O–H groups in total. The average molecular weight is 444 g/mol. The van der Waals surface area contributed by atoms with E-state index in [1.165, 1.54) is 19.3 Å². The number of aliphatic imine (C=N–C) groups is 1. The average Bonchev–Trinajstić information content (AvgIpc) is 3.43. The lowest BCUT2D eigenvalue weighted by Crippen LogP contribution is -2.30. The summed E-state index contributed by atoms with van der Waals surface area (Å²) >= 11 is 0. The predicted molar refractivity (Wildman–Crippen MR) is 128 cm³/mol. The topological polar surface area (TPSA) is 110 Å².